The molecule has 0 aliphatic heterocycles. The van der Waals surface area contributed by atoms with Gasteiger partial charge in [0.15, 0.2) is 6.61 Å². The van der Waals surface area contributed by atoms with Crippen molar-refractivity contribution in [3.63, 3.8) is 0 Å². The van der Waals surface area contributed by atoms with Crippen LogP contribution in [0.1, 0.15) is 4.88 Å². The first kappa shape index (κ1) is 16.3. The summed E-state index contributed by atoms with van der Waals surface area (Å²) in [6.45, 7) is 0.749. The molecule has 0 saturated heterocycles. The van der Waals surface area contributed by atoms with E-state index in [1.54, 1.807) is 18.4 Å². The van der Waals surface area contributed by atoms with Gasteiger partial charge in [0.1, 0.15) is 5.75 Å². The van der Waals surface area contributed by atoms with Crippen LogP contribution in [0.2, 0.25) is 0 Å². The zero-order valence-corrected chi connectivity index (χ0v) is 15.3. The van der Waals surface area contributed by atoms with E-state index in [1.807, 2.05) is 24.3 Å². The normalized spacial score (nSPS) is 10.2. The molecular formula is C14H14Br2N2O2S. The summed E-state index contributed by atoms with van der Waals surface area (Å²) in [6.07, 6.45) is 0. The highest BCUT2D eigenvalue weighted by atomic mass is 79.9. The molecule has 7 heteroatoms. The lowest BCUT2D eigenvalue weighted by Crippen LogP contribution is -2.24. The van der Waals surface area contributed by atoms with Crippen LogP contribution in [0.4, 0.5) is 5.69 Å². The van der Waals surface area contributed by atoms with Gasteiger partial charge >= 0.3 is 0 Å². The van der Waals surface area contributed by atoms with Crippen molar-refractivity contribution >= 4 is 54.8 Å². The number of hydrogen-bond donors (Lipinski definition) is 2. The van der Waals surface area contributed by atoms with E-state index in [9.17, 15) is 4.79 Å². The van der Waals surface area contributed by atoms with Crippen molar-refractivity contribution in [3.05, 3.63) is 43.5 Å². The third-order valence-corrected chi connectivity index (χ3v) is 5.90. The van der Waals surface area contributed by atoms with Crippen molar-refractivity contribution in [2.24, 2.45) is 0 Å². The average molecular weight is 434 g/mol. The topological polar surface area (TPSA) is 50.4 Å². The van der Waals surface area contributed by atoms with Gasteiger partial charge in [0.05, 0.1) is 3.79 Å². The number of ether oxygens (including phenoxy) is 1. The first-order valence-corrected chi connectivity index (χ1v) is 8.60. The van der Waals surface area contributed by atoms with Crippen molar-refractivity contribution in [2.75, 3.05) is 19.0 Å². The lowest BCUT2D eigenvalue weighted by atomic mass is 10.3. The molecule has 0 spiro atoms. The maximum absolute atomic E-state index is 11.2. The van der Waals surface area contributed by atoms with Gasteiger partial charge in [0.25, 0.3) is 5.91 Å². The zero-order valence-electron chi connectivity index (χ0n) is 11.3. The molecular weight excluding hydrogens is 420 g/mol. The maximum Gasteiger partial charge on any atom is 0.257 e. The van der Waals surface area contributed by atoms with Gasteiger partial charge < -0.3 is 15.4 Å². The van der Waals surface area contributed by atoms with E-state index in [2.05, 4.69) is 48.6 Å². The molecule has 1 aromatic heterocycles. The highest BCUT2D eigenvalue weighted by Crippen LogP contribution is 2.32. The molecule has 0 saturated carbocycles. The predicted molar refractivity (Wildman–Crippen MR) is 93.0 cm³/mol. The lowest BCUT2D eigenvalue weighted by Gasteiger charge is -2.08. The molecule has 1 heterocycles. The molecule has 0 fully saturated rings. The van der Waals surface area contributed by atoms with Crippen LogP contribution in [0.5, 0.6) is 5.75 Å². The fourth-order valence-corrected chi connectivity index (χ4v) is 3.70. The Kier molecular flexibility index (Phi) is 6.08. The Bertz CT molecular complexity index is 612. The molecule has 2 N–H and O–H groups in total. The van der Waals surface area contributed by atoms with Gasteiger partial charge in [-0.15, -0.1) is 11.3 Å². The van der Waals surface area contributed by atoms with Gasteiger partial charge in [-0.1, -0.05) is 6.07 Å². The minimum atomic E-state index is -0.151. The fraction of sp³-hybridized carbons (Fsp3) is 0.214. The molecule has 21 heavy (non-hydrogen) atoms. The van der Waals surface area contributed by atoms with Gasteiger partial charge in [-0.3, -0.25) is 4.79 Å². The molecule has 112 valence electrons. The molecule has 0 atom stereocenters. The summed E-state index contributed by atoms with van der Waals surface area (Å²) in [6, 6.07) is 9.63. The molecule has 0 aliphatic rings. The molecule has 1 aromatic carbocycles. The van der Waals surface area contributed by atoms with Gasteiger partial charge in [-0.05, 0) is 50.1 Å². The van der Waals surface area contributed by atoms with E-state index in [0.717, 1.165) is 20.5 Å². The summed E-state index contributed by atoms with van der Waals surface area (Å²) < 4.78 is 7.56. The number of amides is 1. The maximum atomic E-state index is 11.2. The fourth-order valence-electron chi connectivity index (χ4n) is 1.58. The Morgan fingerprint density at radius 1 is 1.33 bits per heavy atom. The third kappa shape index (κ3) is 5.01. The molecule has 1 amide bonds. The minimum Gasteiger partial charge on any atom is -0.484 e. The number of anilines is 1. The monoisotopic (exact) mass is 432 g/mol. The van der Waals surface area contributed by atoms with Crippen LogP contribution in [-0.2, 0) is 11.3 Å². The summed E-state index contributed by atoms with van der Waals surface area (Å²) in [5, 5.41) is 5.85. The highest BCUT2D eigenvalue weighted by molar-refractivity contribution is 9.13. The zero-order chi connectivity index (χ0) is 15.2. The summed E-state index contributed by atoms with van der Waals surface area (Å²) in [5.74, 6) is 0.513. The van der Waals surface area contributed by atoms with Crippen molar-refractivity contribution < 1.29 is 9.53 Å². The van der Waals surface area contributed by atoms with Crippen LogP contribution in [0.25, 0.3) is 0 Å². The lowest BCUT2D eigenvalue weighted by molar-refractivity contribution is -0.122. The second kappa shape index (κ2) is 7.82. The molecule has 0 bridgehead atoms. The van der Waals surface area contributed by atoms with E-state index >= 15 is 0 Å². The number of benzene rings is 1. The minimum absolute atomic E-state index is 0.0186. The van der Waals surface area contributed by atoms with Crippen molar-refractivity contribution in [1.82, 2.24) is 5.32 Å². The quantitative estimate of drug-likeness (QED) is 0.723. The third-order valence-electron chi connectivity index (χ3n) is 2.65. The molecule has 0 aliphatic carbocycles. The SMILES string of the molecule is CNC(=O)COc1cccc(NCc2cc(Br)c(Br)s2)c1. The van der Waals surface area contributed by atoms with Gasteiger partial charge in [0.2, 0.25) is 0 Å². The molecule has 2 aromatic rings. The number of nitrogens with one attached hydrogen (secondary N) is 2. The number of carbonyl (C=O) groups is 1. The van der Waals surface area contributed by atoms with Crippen LogP contribution in [0.3, 0.4) is 0 Å². The largest absolute Gasteiger partial charge is 0.484 e. The molecule has 2 rings (SSSR count). The van der Waals surface area contributed by atoms with E-state index in [-0.39, 0.29) is 12.5 Å². The Balaban J connectivity index is 1.92. The molecule has 0 radical (unpaired) electrons. The number of halogens is 2. The van der Waals surface area contributed by atoms with Crippen LogP contribution in [-0.4, -0.2) is 19.6 Å². The standard InChI is InChI=1S/C14H14Br2N2O2S/c1-17-13(19)8-20-10-4-2-3-9(5-10)18-7-11-6-12(15)14(16)21-11/h2-6,18H,7-8H2,1H3,(H,17,19). The number of thiophene rings is 1. The van der Waals surface area contributed by atoms with Crippen LogP contribution in [0.15, 0.2) is 38.6 Å². The highest BCUT2D eigenvalue weighted by Gasteiger charge is 2.05. The number of rotatable bonds is 6. The smallest absolute Gasteiger partial charge is 0.257 e. The summed E-state index contributed by atoms with van der Waals surface area (Å²) in [4.78, 5) is 12.4. The molecule has 0 unspecified atom stereocenters. The van der Waals surface area contributed by atoms with Crippen molar-refractivity contribution in [2.45, 2.75) is 6.54 Å². The first-order chi connectivity index (χ1) is 10.1. The second-order valence-corrected chi connectivity index (χ2v) is 7.49. The van der Waals surface area contributed by atoms with Gasteiger partial charge in [-0.2, -0.15) is 0 Å². The summed E-state index contributed by atoms with van der Waals surface area (Å²) >= 11 is 8.63. The Labute approximate surface area is 144 Å². The second-order valence-electron chi connectivity index (χ2n) is 4.18. The van der Waals surface area contributed by atoms with E-state index in [0.29, 0.717) is 5.75 Å². The van der Waals surface area contributed by atoms with Crippen LogP contribution < -0.4 is 15.4 Å². The Morgan fingerprint density at radius 2 is 2.14 bits per heavy atom. The van der Waals surface area contributed by atoms with Crippen LogP contribution >= 0.6 is 43.2 Å². The summed E-state index contributed by atoms with van der Waals surface area (Å²) in [5.41, 5.74) is 0.949. The number of likely N-dealkylation sites (N-methyl/N-ethyl adjacent to an activating group) is 1. The molecule has 4 nitrogen and oxygen atoms in total. The number of carbonyl (C=O) groups excluding carboxylic acids is 1. The first-order valence-electron chi connectivity index (χ1n) is 6.19. The van der Waals surface area contributed by atoms with Gasteiger partial charge in [-0.25, -0.2) is 0 Å². The Morgan fingerprint density at radius 3 is 2.81 bits per heavy atom. The Hall–Kier alpha value is -1.05. The van der Waals surface area contributed by atoms with Crippen LogP contribution in [0, 0.1) is 0 Å². The predicted octanol–water partition coefficient (Wildman–Crippen LogP) is 4.01. The average Bonchev–Trinajstić information content (AvgIpc) is 2.82. The van der Waals surface area contributed by atoms with Crippen molar-refractivity contribution in [1.29, 1.82) is 0 Å². The van der Waals surface area contributed by atoms with Crippen molar-refractivity contribution in [3.8, 4) is 5.75 Å². The number of hydrogen-bond acceptors (Lipinski definition) is 4. The van der Waals surface area contributed by atoms with E-state index < -0.39 is 0 Å². The van der Waals surface area contributed by atoms with E-state index in [4.69, 9.17) is 4.74 Å². The summed E-state index contributed by atoms with van der Waals surface area (Å²) in [7, 11) is 1.58. The van der Waals surface area contributed by atoms with Gasteiger partial charge in [0, 0.05) is 34.7 Å². The van der Waals surface area contributed by atoms with E-state index in [1.165, 1.54) is 4.88 Å².